The zero-order valence-corrected chi connectivity index (χ0v) is 12.7. The highest BCUT2D eigenvalue weighted by atomic mass is 127. The molecule has 1 heterocycles. The molecule has 1 N–H and O–H groups in total. The summed E-state index contributed by atoms with van der Waals surface area (Å²) in [5, 5.41) is 0.634. The van der Waals surface area contributed by atoms with E-state index in [1.54, 1.807) is 6.07 Å². The van der Waals surface area contributed by atoms with E-state index in [-0.39, 0.29) is 5.56 Å². The number of fused-ring (bicyclic) bond motifs is 1. The fourth-order valence-electron chi connectivity index (χ4n) is 2.01. The molecule has 19 heavy (non-hydrogen) atoms. The Labute approximate surface area is 128 Å². The molecule has 0 saturated heterocycles. The quantitative estimate of drug-likeness (QED) is 0.517. The second-order valence-corrected chi connectivity index (χ2v) is 5.73. The molecule has 3 rings (SSSR count). The summed E-state index contributed by atoms with van der Waals surface area (Å²) in [6, 6.07) is 15.1. The van der Waals surface area contributed by atoms with E-state index in [0.29, 0.717) is 10.2 Å². The highest BCUT2D eigenvalue weighted by Gasteiger charge is 2.07. The molecule has 1 aromatic heterocycles. The Kier molecular flexibility index (Phi) is 3.24. The van der Waals surface area contributed by atoms with Gasteiger partial charge < -0.3 is 4.98 Å². The predicted octanol–water partition coefficient (Wildman–Crippen LogP) is 3.65. The van der Waals surface area contributed by atoms with Gasteiger partial charge in [-0.1, -0.05) is 18.2 Å². The number of benzene rings is 2. The summed E-state index contributed by atoms with van der Waals surface area (Å²) in [5.41, 5.74) is 1.45. The summed E-state index contributed by atoms with van der Waals surface area (Å²) in [6.07, 6.45) is 0. The van der Waals surface area contributed by atoms with Gasteiger partial charge in [-0.2, -0.15) is 0 Å². The minimum atomic E-state index is -0.0960. The number of para-hydroxylation sites is 1. The van der Waals surface area contributed by atoms with Crippen molar-refractivity contribution < 1.29 is 0 Å². The van der Waals surface area contributed by atoms with Gasteiger partial charge in [0.1, 0.15) is 0 Å². The Bertz CT molecular complexity index is 882. The Hall–Kier alpha value is -1.47. The zero-order valence-electron chi connectivity index (χ0n) is 9.76. The third-order valence-electron chi connectivity index (χ3n) is 2.87. The Morgan fingerprint density at radius 1 is 1.11 bits per heavy atom. The number of hydrogen-bond acceptors (Lipinski definition) is 2. The summed E-state index contributed by atoms with van der Waals surface area (Å²) in [4.78, 5) is 15.6. The number of nitrogens with one attached hydrogen (secondary N) is 1. The number of aromatic amines is 1. The van der Waals surface area contributed by atoms with Crippen molar-refractivity contribution in [1.82, 2.24) is 9.55 Å². The highest BCUT2D eigenvalue weighted by molar-refractivity contribution is 14.1. The first-order valence-electron chi connectivity index (χ1n) is 5.67. The minimum Gasteiger partial charge on any atom is -0.331 e. The van der Waals surface area contributed by atoms with E-state index in [0.717, 1.165) is 14.8 Å². The standard InChI is InChI=1S/C14H9IN2OS/c15-9-4-3-5-10(8-9)17-13(18)11-6-1-2-7-12(11)16-14(17)19/h1-8H,(H,16,19). The first kappa shape index (κ1) is 12.6. The van der Waals surface area contributed by atoms with E-state index >= 15 is 0 Å². The number of nitrogens with zero attached hydrogens (tertiary/aromatic N) is 1. The second-order valence-electron chi connectivity index (χ2n) is 4.10. The number of hydrogen-bond donors (Lipinski definition) is 1. The van der Waals surface area contributed by atoms with Crippen molar-refractivity contribution in [2.24, 2.45) is 0 Å². The van der Waals surface area contributed by atoms with Crippen molar-refractivity contribution in [3.8, 4) is 5.69 Å². The highest BCUT2D eigenvalue weighted by Crippen LogP contribution is 2.13. The molecule has 0 saturated carbocycles. The van der Waals surface area contributed by atoms with Gasteiger partial charge in [0.25, 0.3) is 5.56 Å². The molecule has 0 atom stereocenters. The van der Waals surface area contributed by atoms with E-state index in [2.05, 4.69) is 27.6 Å². The maximum atomic E-state index is 12.5. The first-order valence-corrected chi connectivity index (χ1v) is 7.15. The molecule has 0 bridgehead atoms. The summed E-state index contributed by atoms with van der Waals surface area (Å²) in [7, 11) is 0. The van der Waals surface area contributed by atoms with Crippen molar-refractivity contribution in [3.63, 3.8) is 0 Å². The molecule has 0 unspecified atom stereocenters. The number of aromatic nitrogens is 2. The van der Waals surface area contributed by atoms with Gasteiger partial charge in [0, 0.05) is 3.57 Å². The first-order chi connectivity index (χ1) is 9.16. The molecule has 5 heteroatoms. The molecule has 0 radical (unpaired) electrons. The predicted molar refractivity (Wildman–Crippen MR) is 87.4 cm³/mol. The van der Waals surface area contributed by atoms with Crippen LogP contribution in [0.4, 0.5) is 0 Å². The van der Waals surface area contributed by atoms with Crippen LogP contribution in [0.1, 0.15) is 0 Å². The van der Waals surface area contributed by atoms with E-state index < -0.39 is 0 Å². The molecule has 0 amide bonds. The monoisotopic (exact) mass is 380 g/mol. The van der Waals surface area contributed by atoms with Crippen LogP contribution in [0.3, 0.4) is 0 Å². The van der Waals surface area contributed by atoms with E-state index in [1.807, 2.05) is 42.5 Å². The van der Waals surface area contributed by atoms with Crippen LogP contribution in [0.25, 0.3) is 16.6 Å². The van der Waals surface area contributed by atoms with Crippen LogP contribution in [-0.4, -0.2) is 9.55 Å². The van der Waals surface area contributed by atoms with Crippen LogP contribution >= 0.6 is 34.8 Å². The third kappa shape index (κ3) is 2.23. The van der Waals surface area contributed by atoms with Gasteiger partial charge in [0.05, 0.1) is 16.6 Å². The number of rotatable bonds is 1. The lowest BCUT2D eigenvalue weighted by Gasteiger charge is -2.08. The van der Waals surface area contributed by atoms with Crippen LogP contribution in [-0.2, 0) is 0 Å². The summed E-state index contributed by atoms with van der Waals surface area (Å²) < 4.78 is 3.00. The summed E-state index contributed by atoms with van der Waals surface area (Å²) in [6.45, 7) is 0. The molecule has 2 aromatic carbocycles. The van der Waals surface area contributed by atoms with Gasteiger partial charge in [0.15, 0.2) is 4.77 Å². The molecular weight excluding hydrogens is 371 g/mol. The van der Waals surface area contributed by atoms with Crippen molar-refractivity contribution in [2.45, 2.75) is 0 Å². The van der Waals surface area contributed by atoms with Gasteiger partial charge >= 0.3 is 0 Å². The smallest absolute Gasteiger partial charge is 0.266 e. The Balaban J connectivity index is 2.42. The van der Waals surface area contributed by atoms with Crippen LogP contribution in [0.2, 0.25) is 0 Å². The van der Waals surface area contributed by atoms with Crippen LogP contribution in [0, 0.1) is 8.34 Å². The largest absolute Gasteiger partial charge is 0.331 e. The topological polar surface area (TPSA) is 37.8 Å². The lowest BCUT2D eigenvalue weighted by molar-refractivity contribution is 0.939. The molecule has 0 aliphatic carbocycles. The zero-order chi connectivity index (χ0) is 13.4. The molecule has 3 aromatic rings. The molecule has 3 nitrogen and oxygen atoms in total. The second kappa shape index (κ2) is 4.90. The number of H-pyrrole nitrogens is 1. The van der Waals surface area contributed by atoms with Crippen molar-refractivity contribution in [2.75, 3.05) is 0 Å². The maximum Gasteiger partial charge on any atom is 0.266 e. The Morgan fingerprint density at radius 2 is 1.89 bits per heavy atom. The minimum absolute atomic E-state index is 0.0960. The van der Waals surface area contributed by atoms with Gasteiger partial charge in [0.2, 0.25) is 0 Å². The molecule has 0 aliphatic heterocycles. The molecule has 0 aliphatic rings. The van der Waals surface area contributed by atoms with Gasteiger partial charge in [-0.05, 0) is 65.1 Å². The lowest BCUT2D eigenvalue weighted by Crippen LogP contribution is -2.20. The third-order valence-corrected chi connectivity index (χ3v) is 3.83. The van der Waals surface area contributed by atoms with Gasteiger partial charge in [-0.25, -0.2) is 0 Å². The molecule has 0 spiro atoms. The lowest BCUT2D eigenvalue weighted by atomic mass is 10.2. The van der Waals surface area contributed by atoms with Gasteiger partial charge in [-0.15, -0.1) is 0 Å². The molecule has 94 valence electrons. The Morgan fingerprint density at radius 3 is 2.68 bits per heavy atom. The fourth-order valence-corrected chi connectivity index (χ4v) is 2.84. The summed E-state index contributed by atoms with van der Waals surface area (Å²) >= 11 is 7.51. The maximum absolute atomic E-state index is 12.5. The average Bonchev–Trinajstić information content (AvgIpc) is 2.39. The van der Waals surface area contributed by atoms with Gasteiger partial charge in [-0.3, -0.25) is 9.36 Å². The van der Waals surface area contributed by atoms with Crippen LogP contribution < -0.4 is 5.56 Å². The van der Waals surface area contributed by atoms with E-state index in [1.165, 1.54) is 4.57 Å². The average molecular weight is 380 g/mol. The normalized spacial score (nSPS) is 10.8. The number of halogens is 1. The molecule has 0 fully saturated rings. The SMILES string of the molecule is O=c1c2ccccc2[nH]c(=S)n1-c1cccc(I)c1. The van der Waals surface area contributed by atoms with Crippen LogP contribution in [0.15, 0.2) is 53.3 Å². The fraction of sp³-hybridized carbons (Fsp3) is 0. The van der Waals surface area contributed by atoms with Crippen molar-refractivity contribution in [1.29, 1.82) is 0 Å². The van der Waals surface area contributed by atoms with E-state index in [4.69, 9.17) is 12.2 Å². The van der Waals surface area contributed by atoms with Crippen molar-refractivity contribution in [3.05, 3.63) is 67.2 Å². The van der Waals surface area contributed by atoms with Crippen molar-refractivity contribution >= 4 is 45.7 Å². The molecular formula is C14H9IN2OS. The van der Waals surface area contributed by atoms with Crippen LogP contribution in [0.5, 0.6) is 0 Å². The summed E-state index contributed by atoms with van der Waals surface area (Å²) in [5.74, 6) is 0. The van der Waals surface area contributed by atoms with E-state index in [9.17, 15) is 4.79 Å².